The van der Waals surface area contributed by atoms with Crippen LogP contribution in [0.1, 0.15) is 19.8 Å². The van der Waals surface area contributed by atoms with Gasteiger partial charge in [-0.1, -0.05) is 43.7 Å². The van der Waals surface area contributed by atoms with E-state index in [2.05, 4.69) is 6.92 Å². The number of nitrogens with zero attached hydrogens (tertiary/aromatic N) is 2. The summed E-state index contributed by atoms with van der Waals surface area (Å²) in [6.07, 6.45) is 2.03. The summed E-state index contributed by atoms with van der Waals surface area (Å²) in [5.74, 6) is 0. The van der Waals surface area contributed by atoms with E-state index < -0.39 is 0 Å². The first-order chi connectivity index (χ1) is 8.66. The highest BCUT2D eigenvalue weighted by molar-refractivity contribution is 5.72. The van der Waals surface area contributed by atoms with Crippen molar-refractivity contribution in [3.05, 3.63) is 40.7 Å². The van der Waals surface area contributed by atoms with E-state index in [-0.39, 0.29) is 5.56 Å². The zero-order chi connectivity index (χ0) is 13.1. The van der Waals surface area contributed by atoms with E-state index in [4.69, 9.17) is 5.73 Å². The number of anilines is 1. The van der Waals surface area contributed by atoms with Crippen LogP contribution in [0.25, 0.3) is 11.3 Å². The standard InChI is InChI=1S/C14H19N3O/c1-3-4-10-17-14(18)12(15)13(16(17)2)11-8-6-5-7-9-11/h5-9H,3-4,10,15H2,1-2H3. The van der Waals surface area contributed by atoms with Gasteiger partial charge in [-0.3, -0.25) is 9.48 Å². The summed E-state index contributed by atoms with van der Waals surface area (Å²) in [4.78, 5) is 12.1. The maximum absolute atomic E-state index is 12.1. The minimum atomic E-state index is -0.0928. The molecule has 0 saturated heterocycles. The Hall–Kier alpha value is -1.97. The van der Waals surface area contributed by atoms with E-state index in [1.165, 1.54) is 0 Å². The van der Waals surface area contributed by atoms with Crippen LogP contribution in [-0.4, -0.2) is 9.36 Å². The Morgan fingerprint density at radius 3 is 2.50 bits per heavy atom. The largest absolute Gasteiger partial charge is 0.392 e. The first-order valence-corrected chi connectivity index (χ1v) is 6.27. The molecule has 4 heteroatoms. The Labute approximate surface area is 107 Å². The lowest BCUT2D eigenvalue weighted by Crippen LogP contribution is -2.22. The Bertz CT molecular complexity index is 581. The fourth-order valence-electron chi connectivity index (χ4n) is 2.17. The molecule has 18 heavy (non-hydrogen) atoms. The maximum Gasteiger partial charge on any atom is 0.290 e. The molecule has 0 unspecified atom stereocenters. The molecule has 0 aliphatic carbocycles. The van der Waals surface area contributed by atoms with E-state index in [0.717, 1.165) is 24.1 Å². The number of nitrogen functional groups attached to an aromatic ring is 1. The van der Waals surface area contributed by atoms with E-state index in [9.17, 15) is 4.79 Å². The van der Waals surface area contributed by atoms with E-state index >= 15 is 0 Å². The molecule has 1 heterocycles. The van der Waals surface area contributed by atoms with Crippen LogP contribution in [0.2, 0.25) is 0 Å². The summed E-state index contributed by atoms with van der Waals surface area (Å²) in [6.45, 7) is 2.82. The molecule has 0 aliphatic heterocycles. The Morgan fingerprint density at radius 2 is 1.89 bits per heavy atom. The third-order valence-corrected chi connectivity index (χ3v) is 3.18. The molecule has 0 aliphatic rings. The Morgan fingerprint density at radius 1 is 1.22 bits per heavy atom. The highest BCUT2D eigenvalue weighted by Crippen LogP contribution is 2.23. The monoisotopic (exact) mass is 245 g/mol. The topological polar surface area (TPSA) is 52.9 Å². The van der Waals surface area contributed by atoms with Crippen molar-refractivity contribution >= 4 is 5.69 Å². The highest BCUT2D eigenvalue weighted by atomic mass is 16.1. The van der Waals surface area contributed by atoms with Crippen LogP contribution < -0.4 is 11.3 Å². The molecule has 1 aromatic heterocycles. The average Bonchev–Trinajstić information content (AvgIpc) is 2.60. The zero-order valence-corrected chi connectivity index (χ0v) is 10.9. The quantitative estimate of drug-likeness (QED) is 0.898. The van der Waals surface area contributed by atoms with Gasteiger partial charge >= 0.3 is 0 Å². The Balaban J connectivity index is 2.53. The third kappa shape index (κ3) is 2.06. The van der Waals surface area contributed by atoms with Gasteiger partial charge in [0.1, 0.15) is 5.69 Å². The van der Waals surface area contributed by atoms with Gasteiger partial charge in [0.15, 0.2) is 0 Å². The smallest absolute Gasteiger partial charge is 0.290 e. The summed E-state index contributed by atoms with van der Waals surface area (Å²) < 4.78 is 3.57. The molecule has 0 spiro atoms. The van der Waals surface area contributed by atoms with Gasteiger partial charge in [0.05, 0.1) is 5.69 Å². The normalized spacial score (nSPS) is 10.8. The summed E-state index contributed by atoms with van der Waals surface area (Å²) >= 11 is 0. The molecule has 1 aromatic carbocycles. The molecule has 0 radical (unpaired) electrons. The highest BCUT2D eigenvalue weighted by Gasteiger charge is 2.15. The number of benzene rings is 1. The molecule has 2 aromatic rings. The summed E-state index contributed by atoms with van der Waals surface area (Å²) in [6, 6.07) is 9.78. The average molecular weight is 245 g/mol. The van der Waals surface area contributed by atoms with Crippen LogP contribution >= 0.6 is 0 Å². The molecule has 0 fully saturated rings. The lowest BCUT2D eigenvalue weighted by Gasteiger charge is -2.09. The van der Waals surface area contributed by atoms with Gasteiger partial charge in [0, 0.05) is 19.2 Å². The summed E-state index contributed by atoms with van der Waals surface area (Å²) in [5, 5.41) is 0. The van der Waals surface area contributed by atoms with Crippen molar-refractivity contribution < 1.29 is 0 Å². The SMILES string of the molecule is CCCCn1c(=O)c(N)c(-c2ccccc2)n1C. The second-order valence-corrected chi connectivity index (χ2v) is 4.43. The predicted molar refractivity (Wildman–Crippen MR) is 74.4 cm³/mol. The first-order valence-electron chi connectivity index (χ1n) is 6.27. The van der Waals surface area contributed by atoms with Gasteiger partial charge < -0.3 is 5.73 Å². The van der Waals surface area contributed by atoms with Crippen LogP contribution in [-0.2, 0) is 13.6 Å². The van der Waals surface area contributed by atoms with Gasteiger partial charge in [-0.05, 0) is 6.42 Å². The fraction of sp³-hybridized carbons (Fsp3) is 0.357. The fourth-order valence-corrected chi connectivity index (χ4v) is 2.17. The van der Waals surface area contributed by atoms with Crippen molar-refractivity contribution in [2.45, 2.75) is 26.3 Å². The van der Waals surface area contributed by atoms with Crippen molar-refractivity contribution in [3.8, 4) is 11.3 Å². The van der Waals surface area contributed by atoms with E-state index in [0.29, 0.717) is 12.2 Å². The second-order valence-electron chi connectivity index (χ2n) is 4.43. The van der Waals surface area contributed by atoms with Crippen LogP contribution in [0.5, 0.6) is 0 Å². The molecule has 0 bridgehead atoms. The van der Waals surface area contributed by atoms with Gasteiger partial charge in [-0.25, -0.2) is 4.68 Å². The van der Waals surface area contributed by atoms with Crippen LogP contribution in [0.4, 0.5) is 5.69 Å². The molecule has 2 N–H and O–H groups in total. The maximum atomic E-state index is 12.1. The van der Waals surface area contributed by atoms with Crippen LogP contribution in [0.3, 0.4) is 0 Å². The number of aromatic nitrogens is 2. The molecule has 0 amide bonds. The zero-order valence-electron chi connectivity index (χ0n) is 10.9. The minimum absolute atomic E-state index is 0.0928. The predicted octanol–water partition coefficient (Wildman–Crippen LogP) is 2.24. The number of hydrogen-bond donors (Lipinski definition) is 1. The number of rotatable bonds is 4. The molecule has 0 atom stereocenters. The van der Waals surface area contributed by atoms with Crippen LogP contribution in [0, 0.1) is 0 Å². The molecular weight excluding hydrogens is 226 g/mol. The molecule has 4 nitrogen and oxygen atoms in total. The van der Waals surface area contributed by atoms with Crippen molar-refractivity contribution in [2.75, 3.05) is 5.73 Å². The first kappa shape index (κ1) is 12.5. The number of nitrogens with two attached hydrogens (primary N) is 1. The minimum Gasteiger partial charge on any atom is -0.392 e. The van der Waals surface area contributed by atoms with Gasteiger partial charge in [0.2, 0.25) is 0 Å². The van der Waals surface area contributed by atoms with Crippen molar-refractivity contribution in [3.63, 3.8) is 0 Å². The summed E-state index contributed by atoms with van der Waals surface area (Å²) in [5.41, 5.74) is 7.97. The van der Waals surface area contributed by atoms with Crippen molar-refractivity contribution in [1.82, 2.24) is 9.36 Å². The second kappa shape index (κ2) is 5.12. The number of hydrogen-bond acceptors (Lipinski definition) is 2. The third-order valence-electron chi connectivity index (χ3n) is 3.18. The summed E-state index contributed by atoms with van der Waals surface area (Å²) in [7, 11) is 1.88. The van der Waals surface area contributed by atoms with E-state index in [1.807, 2.05) is 42.1 Å². The van der Waals surface area contributed by atoms with Gasteiger partial charge in [-0.2, -0.15) is 0 Å². The number of unbranched alkanes of at least 4 members (excludes halogenated alkanes) is 1. The lowest BCUT2D eigenvalue weighted by atomic mass is 10.1. The van der Waals surface area contributed by atoms with Gasteiger partial charge in [0.25, 0.3) is 5.56 Å². The van der Waals surface area contributed by atoms with E-state index in [1.54, 1.807) is 4.68 Å². The lowest BCUT2D eigenvalue weighted by molar-refractivity contribution is 0.478. The Kier molecular flexibility index (Phi) is 3.55. The van der Waals surface area contributed by atoms with Crippen molar-refractivity contribution in [1.29, 1.82) is 0 Å². The molecule has 0 saturated carbocycles. The molecule has 2 rings (SSSR count). The van der Waals surface area contributed by atoms with Crippen LogP contribution in [0.15, 0.2) is 35.1 Å². The molecular formula is C14H19N3O. The van der Waals surface area contributed by atoms with Crippen molar-refractivity contribution in [2.24, 2.45) is 7.05 Å². The molecule has 96 valence electrons. The van der Waals surface area contributed by atoms with Gasteiger partial charge in [-0.15, -0.1) is 0 Å².